The van der Waals surface area contributed by atoms with Crippen LogP contribution in [0.15, 0.2) is 0 Å². The maximum absolute atomic E-state index is 13.2. The largest absolute Gasteiger partial charge is 0.472 e. The Bertz CT molecular complexity index is 659. The van der Waals surface area contributed by atoms with E-state index in [-0.39, 0.29) is 0 Å². The molecule has 0 heterocycles. The summed E-state index contributed by atoms with van der Waals surface area (Å²) in [5.41, 5.74) is 0. The number of alkyl halides is 18. The lowest BCUT2D eigenvalue weighted by atomic mass is 10.1. The summed E-state index contributed by atoms with van der Waals surface area (Å²) in [7, 11) is 0. The molecule has 0 saturated heterocycles. The fourth-order valence-electron chi connectivity index (χ4n) is 1.42. The van der Waals surface area contributed by atoms with Gasteiger partial charge in [0, 0.05) is 0 Å². The van der Waals surface area contributed by atoms with Gasteiger partial charge in [0.1, 0.15) is 0 Å². The molecule has 0 bridgehead atoms. The van der Waals surface area contributed by atoms with E-state index in [9.17, 15) is 88.2 Å². The number of nitrogens with zero attached hydrogens (tertiary/aromatic N) is 1. The van der Waals surface area contributed by atoms with Crippen LogP contribution < -0.4 is 0 Å². The summed E-state index contributed by atoms with van der Waals surface area (Å²) in [6.07, 6.45) is -31.2. The van der Waals surface area contributed by atoms with Gasteiger partial charge in [-0.25, -0.2) is 0 Å². The number of hydrogen-bond donors (Lipinski definition) is 0. The van der Waals surface area contributed by atoms with Gasteiger partial charge in [0.25, 0.3) is 0 Å². The summed E-state index contributed by atoms with van der Waals surface area (Å²) < 4.78 is 240. The van der Waals surface area contributed by atoms with Crippen molar-refractivity contribution in [3.05, 3.63) is 0 Å². The lowest BCUT2D eigenvalue weighted by Gasteiger charge is -2.42. The third kappa shape index (κ3) is 4.72. The van der Waals surface area contributed by atoms with Crippen molar-refractivity contribution in [2.75, 3.05) is 0 Å². The molecule has 0 amide bonds. The molecule has 186 valence electrons. The molecule has 0 aliphatic heterocycles. The van der Waals surface area contributed by atoms with Crippen LogP contribution in [-0.2, 0) is 9.53 Å². The summed E-state index contributed by atoms with van der Waals surface area (Å²) in [5.74, 6) is -24.6. The molecule has 22 heteroatoms. The second-order valence-corrected chi connectivity index (χ2v) is 4.95. The van der Waals surface area contributed by atoms with Crippen molar-refractivity contribution in [1.82, 2.24) is 4.90 Å². The Morgan fingerprint density at radius 2 is 0.903 bits per heavy atom. The van der Waals surface area contributed by atoms with Crippen LogP contribution in [0.4, 0.5) is 83.4 Å². The Balaban J connectivity index is 6.72. The second-order valence-electron chi connectivity index (χ2n) is 4.95. The van der Waals surface area contributed by atoms with Gasteiger partial charge in [0.05, 0.1) is 0 Å². The van der Waals surface area contributed by atoms with E-state index in [1.807, 2.05) is 0 Å². The van der Waals surface area contributed by atoms with Gasteiger partial charge >= 0.3 is 54.7 Å². The molecule has 0 aliphatic carbocycles. The van der Waals surface area contributed by atoms with Crippen LogP contribution in [-0.4, -0.2) is 59.6 Å². The summed E-state index contributed by atoms with van der Waals surface area (Å²) in [4.78, 5) is 5.19. The smallest absolute Gasteiger partial charge is 0.261 e. The Kier molecular flexibility index (Phi) is 6.99. The minimum Gasteiger partial charge on any atom is -0.261 e. The van der Waals surface area contributed by atoms with Crippen molar-refractivity contribution >= 4 is 6.04 Å². The number of halogens is 19. The SMILES string of the molecule is O=C(F)C(F)(OC(F)(F)C(F)(F)C(F)(F)C(F)(F)N(C(F)(F)F)C(F)(F)F)C(F)(F)F. The third-order valence-corrected chi connectivity index (χ3v) is 2.81. The van der Waals surface area contributed by atoms with Gasteiger partial charge in [-0.05, 0) is 0 Å². The molecule has 31 heavy (non-hydrogen) atoms. The maximum Gasteiger partial charge on any atom is 0.472 e. The van der Waals surface area contributed by atoms with Gasteiger partial charge in [-0.15, -0.1) is 0 Å². The zero-order valence-electron chi connectivity index (χ0n) is 12.9. The highest BCUT2D eigenvalue weighted by atomic mass is 19.4. The van der Waals surface area contributed by atoms with E-state index in [1.54, 1.807) is 0 Å². The Labute approximate surface area is 154 Å². The summed E-state index contributed by atoms with van der Waals surface area (Å²) in [6, 6.07) is -13.3. The van der Waals surface area contributed by atoms with Crippen LogP contribution in [0.1, 0.15) is 0 Å². The molecular weight excluding hydrogens is 515 g/mol. The van der Waals surface area contributed by atoms with E-state index in [0.29, 0.717) is 0 Å². The maximum atomic E-state index is 13.2. The number of rotatable bonds is 7. The highest BCUT2D eigenvalue weighted by Gasteiger charge is 2.89. The van der Waals surface area contributed by atoms with E-state index in [1.165, 1.54) is 4.74 Å². The van der Waals surface area contributed by atoms with E-state index in [0.717, 1.165) is 0 Å². The average molecular weight is 515 g/mol. The lowest BCUT2D eigenvalue weighted by molar-refractivity contribution is -0.516. The van der Waals surface area contributed by atoms with Gasteiger partial charge in [0.15, 0.2) is 0 Å². The van der Waals surface area contributed by atoms with Gasteiger partial charge in [-0.3, -0.25) is 9.53 Å². The second kappa shape index (κ2) is 7.40. The molecule has 0 fully saturated rings. The Morgan fingerprint density at radius 3 is 1.13 bits per heavy atom. The van der Waals surface area contributed by atoms with Gasteiger partial charge in [-0.2, -0.15) is 83.4 Å². The van der Waals surface area contributed by atoms with Crippen molar-refractivity contribution in [1.29, 1.82) is 0 Å². The van der Waals surface area contributed by atoms with Crippen LogP contribution >= 0.6 is 0 Å². The molecular formula is C9F19NO2. The van der Waals surface area contributed by atoms with Crippen LogP contribution in [0.2, 0.25) is 0 Å². The number of carbonyl (C=O) groups is 1. The summed E-state index contributed by atoms with van der Waals surface area (Å²) in [5, 5.41) is 0. The molecule has 0 saturated carbocycles. The first-order valence-electron chi connectivity index (χ1n) is 6.12. The lowest BCUT2D eigenvalue weighted by Crippen LogP contribution is -2.73. The van der Waals surface area contributed by atoms with Crippen LogP contribution in [0.5, 0.6) is 0 Å². The summed E-state index contributed by atoms with van der Waals surface area (Å²) in [6.45, 7) is 0. The Hall–Kier alpha value is -1.74. The molecule has 0 N–H and O–H groups in total. The van der Waals surface area contributed by atoms with Crippen LogP contribution in [0.3, 0.4) is 0 Å². The number of hydrogen-bond acceptors (Lipinski definition) is 3. The third-order valence-electron chi connectivity index (χ3n) is 2.81. The first-order valence-corrected chi connectivity index (χ1v) is 6.12. The molecule has 3 nitrogen and oxygen atoms in total. The van der Waals surface area contributed by atoms with Crippen molar-refractivity contribution in [2.24, 2.45) is 0 Å². The Morgan fingerprint density at radius 1 is 0.581 bits per heavy atom. The minimum absolute atomic E-state index is 1.25. The fourth-order valence-corrected chi connectivity index (χ4v) is 1.42. The van der Waals surface area contributed by atoms with E-state index in [2.05, 4.69) is 0 Å². The molecule has 0 radical (unpaired) electrons. The molecule has 0 aliphatic rings. The quantitative estimate of drug-likeness (QED) is 0.254. The molecule has 0 aromatic carbocycles. The zero-order chi connectivity index (χ0) is 25.9. The van der Waals surface area contributed by atoms with Gasteiger partial charge in [0.2, 0.25) is 0 Å². The van der Waals surface area contributed by atoms with Crippen molar-refractivity contribution in [3.63, 3.8) is 0 Å². The normalized spacial score (nSPS) is 17.7. The van der Waals surface area contributed by atoms with E-state index >= 15 is 0 Å². The molecule has 1 atom stereocenters. The minimum atomic E-state index is -8.68. The topological polar surface area (TPSA) is 29.5 Å². The van der Waals surface area contributed by atoms with E-state index in [4.69, 9.17) is 0 Å². The van der Waals surface area contributed by atoms with Gasteiger partial charge < -0.3 is 0 Å². The fraction of sp³-hybridized carbons (Fsp3) is 0.889. The molecule has 0 rings (SSSR count). The van der Waals surface area contributed by atoms with Crippen molar-refractivity contribution < 1.29 is 92.9 Å². The molecule has 0 spiro atoms. The predicted molar refractivity (Wildman–Crippen MR) is 50.8 cm³/mol. The average Bonchev–Trinajstić information content (AvgIpc) is 2.40. The van der Waals surface area contributed by atoms with Crippen molar-refractivity contribution in [2.45, 2.75) is 48.6 Å². The summed E-state index contributed by atoms with van der Waals surface area (Å²) >= 11 is 0. The highest BCUT2D eigenvalue weighted by molar-refractivity contribution is 5.77. The predicted octanol–water partition coefficient (Wildman–Crippen LogP) is 5.53. The number of ether oxygens (including phenoxy) is 1. The highest BCUT2D eigenvalue weighted by Crippen LogP contribution is 2.58. The van der Waals surface area contributed by atoms with Crippen LogP contribution in [0, 0.1) is 0 Å². The first kappa shape index (κ1) is 29.3. The van der Waals surface area contributed by atoms with Crippen molar-refractivity contribution in [3.8, 4) is 0 Å². The monoisotopic (exact) mass is 515 g/mol. The molecule has 0 aromatic heterocycles. The number of carbonyl (C=O) groups excluding carboxylic acids is 1. The van der Waals surface area contributed by atoms with E-state index < -0.39 is 59.6 Å². The molecule has 1 unspecified atom stereocenters. The zero-order valence-corrected chi connectivity index (χ0v) is 12.9. The van der Waals surface area contributed by atoms with Gasteiger partial charge in [-0.1, -0.05) is 4.90 Å². The van der Waals surface area contributed by atoms with Crippen LogP contribution in [0.25, 0.3) is 0 Å². The standard InChI is InChI=1S/C9F19NO2/c10-1(30)2(11,5(16,17)18)31-7(21,22)4(14,15)3(12,13)6(19,20)29(8(23,24)25)9(26,27)28. The molecule has 0 aromatic rings. The first-order chi connectivity index (χ1) is 13.0.